The molecule has 0 radical (unpaired) electrons. The molecule has 0 aliphatic heterocycles. The van der Waals surface area contributed by atoms with E-state index in [-0.39, 0.29) is 31.1 Å². The first-order valence-electron chi connectivity index (χ1n) is 32.4. The highest BCUT2D eigenvalue weighted by atomic mass is 16.6. The zero-order chi connectivity index (χ0) is 54.3. The molecule has 0 heterocycles. The Morgan fingerprint density at radius 1 is 0.280 bits per heavy atom. The lowest BCUT2D eigenvalue weighted by Gasteiger charge is -2.18. The zero-order valence-corrected chi connectivity index (χ0v) is 49.8. The number of carbonyl (C=O) groups is 3. The maximum absolute atomic E-state index is 12.9. The van der Waals surface area contributed by atoms with Crippen LogP contribution in [0.15, 0.2) is 72.9 Å². The van der Waals surface area contributed by atoms with Gasteiger partial charge in [-0.3, -0.25) is 14.4 Å². The van der Waals surface area contributed by atoms with Crippen molar-refractivity contribution in [2.24, 2.45) is 0 Å². The standard InChI is InChI=1S/C69H122O6/c1-4-7-10-13-16-19-22-25-28-30-32-33-34-35-37-38-41-44-47-50-53-56-59-62-68(71)74-65-66(64-73-67(70)61-58-55-52-49-46-43-40-27-24-21-18-15-12-9-6-3)75-69(72)63-60-57-54-51-48-45-42-39-36-31-29-26-23-20-17-14-11-8-5-2/h8,11,17,20,26,29-30,32,36,39,45,48,66H,4-7,9-10,12-16,18-19,21-25,27-28,31,33-35,37-38,40-44,46-47,49-65H2,1-3H3/b11-8-,20-17-,29-26-,32-30-,39-36-,48-45-. The van der Waals surface area contributed by atoms with Gasteiger partial charge in [-0.05, 0) is 89.9 Å². The summed E-state index contributed by atoms with van der Waals surface area (Å²) in [7, 11) is 0. The van der Waals surface area contributed by atoms with Gasteiger partial charge in [0.15, 0.2) is 6.10 Å². The molecule has 434 valence electrons. The molecule has 1 atom stereocenters. The van der Waals surface area contributed by atoms with E-state index in [9.17, 15) is 14.4 Å². The molecule has 0 bridgehead atoms. The fourth-order valence-electron chi connectivity index (χ4n) is 9.35. The second-order valence-electron chi connectivity index (χ2n) is 21.6. The maximum atomic E-state index is 12.9. The number of rotatable bonds is 59. The normalized spacial score (nSPS) is 12.5. The summed E-state index contributed by atoms with van der Waals surface area (Å²) in [4.78, 5) is 38.3. The molecule has 0 saturated heterocycles. The first-order chi connectivity index (χ1) is 37.0. The zero-order valence-electron chi connectivity index (χ0n) is 49.8. The van der Waals surface area contributed by atoms with E-state index in [1.54, 1.807) is 0 Å². The molecule has 75 heavy (non-hydrogen) atoms. The minimum absolute atomic E-state index is 0.0859. The largest absolute Gasteiger partial charge is 0.462 e. The fourth-order valence-corrected chi connectivity index (χ4v) is 9.35. The quantitative estimate of drug-likeness (QED) is 0.0261. The van der Waals surface area contributed by atoms with Crippen LogP contribution < -0.4 is 0 Å². The first-order valence-corrected chi connectivity index (χ1v) is 32.4. The average molecular weight is 1050 g/mol. The Morgan fingerprint density at radius 3 is 0.840 bits per heavy atom. The molecule has 0 aromatic carbocycles. The van der Waals surface area contributed by atoms with Gasteiger partial charge in [0, 0.05) is 19.3 Å². The second-order valence-corrected chi connectivity index (χ2v) is 21.6. The number of unbranched alkanes of at least 4 members (excludes halogenated alkanes) is 36. The summed E-state index contributed by atoms with van der Waals surface area (Å²) in [6.45, 7) is 6.54. The number of ether oxygens (including phenoxy) is 3. The van der Waals surface area contributed by atoms with Crippen LogP contribution in [0.5, 0.6) is 0 Å². The minimum atomic E-state index is -0.793. The topological polar surface area (TPSA) is 78.9 Å². The summed E-state index contributed by atoms with van der Waals surface area (Å²) in [5.41, 5.74) is 0. The molecule has 1 unspecified atom stereocenters. The van der Waals surface area contributed by atoms with Gasteiger partial charge in [0.2, 0.25) is 0 Å². The highest BCUT2D eigenvalue weighted by molar-refractivity contribution is 5.71. The van der Waals surface area contributed by atoms with Crippen LogP contribution in [0, 0.1) is 0 Å². The molecular weight excluding hydrogens is 925 g/mol. The third-order valence-electron chi connectivity index (χ3n) is 14.2. The molecule has 0 aromatic rings. The third kappa shape index (κ3) is 61.6. The molecule has 6 heteroatoms. The van der Waals surface area contributed by atoms with Crippen molar-refractivity contribution in [1.29, 1.82) is 0 Å². The molecular formula is C69H122O6. The lowest BCUT2D eigenvalue weighted by Crippen LogP contribution is -2.30. The van der Waals surface area contributed by atoms with E-state index in [2.05, 4.69) is 93.7 Å². The van der Waals surface area contributed by atoms with Gasteiger partial charge in [0.1, 0.15) is 13.2 Å². The second kappa shape index (κ2) is 63.4. The van der Waals surface area contributed by atoms with Gasteiger partial charge in [-0.25, -0.2) is 0 Å². The number of hydrogen-bond acceptors (Lipinski definition) is 6. The van der Waals surface area contributed by atoms with E-state index in [4.69, 9.17) is 14.2 Å². The van der Waals surface area contributed by atoms with Crippen molar-refractivity contribution in [3.63, 3.8) is 0 Å². The van der Waals surface area contributed by atoms with Crippen LogP contribution >= 0.6 is 0 Å². The van der Waals surface area contributed by atoms with Crippen LogP contribution in [0.1, 0.15) is 329 Å². The van der Waals surface area contributed by atoms with Gasteiger partial charge in [-0.15, -0.1) is 0 Å². The van der Waals surface area contributed by atoms with Crippen LogP contribution in [-0.2, 0) is 28.6 Å². The van der Waals surface area contributed by atoms with Gasteiger partial charge in [-0.2, -0.15) is 0 Å². The molecule has 0 N–H and O–H groups in total. The predicted octanol–water partition coefficient (Wildman–Crippen LogP) is 22.1. The maximum Gasteiger partial charge on any atom is 0.306 e. The highest BCUT2D eigenvalue weighted by Gasteiger charge is 2.19. The molecule has 0 aliphatic carbocycles. The van der Waals surface area contributed by atoms with Crippen LogP contribution in [0.25, 0.3) is 0 Å². The van der Waals surface area contributed by atoms with E-state index in [1.165, 1.54) is 193 Å². The van der Waals surface area contributed by atoms with Crippen LogP contribution in [-0.4, -0.2) is 37.2 Å². The first kappa shape index (κ1) is 71.8. The van der Waals surface area contributed by atoms with Crippen molar-refractivity contribution < 1.29 is 28.6 Å². The number of carbonyl (C=O) groups excluding carboxylic acids is 3. The van der Waals surface area contributed by atoms with E-state index < -0.39 is 6.10 Å². The lowest BCUT2D eigenvalue weighted by atomic mass is 10.0. The SMILES string of the molecule is CC/C=C\C/C=C\C/C=C\C/C=C\C/C=C\CCCCCC(=O)OC(COC(=O)CCCCCCCCCCCCC/C=C\CCCCCCCCCC)COC(=O)CCCCCCCCCCCCCCCCC. The molecule has 0 fully saturated rings. The number of hydrogen-bond donors (Lipinski definition) is 0. The Labute approximate surface area is 465 Å². The predicted molar refractivity (Wildman–Crippen MR) is 325 cm³/mol. The molecule has 6 nitrogen and oxygen atoms in total. The molecule has 0 aromatic heterocycles. The van der Waals surface area contributed by atoms with Crippen molar-refractivity contribution >= 4 is 17.9 Å². The molecule has 0 saturated carbocycles. The van der Waals surface area contributed by atoms with Crippen molar-refractivity contribution in [3.8, 4) is 0 Å². The summed E-state index contributed by atoms with van der Waals surface area (Å²) >= 11 is 0. The van der Waals surface area contributed by atoms with Gasteiger partial charge in [0.25, 0.3) is 0 Å². The number of allylic oxidation sites excluding steroid dienone is 12. The third-order valence-corrected chi connectivity index (χ3v) is 14.2. The smallest absolute Gasteiger partial charge is 0.306 e. The summed E-state index contributed by atoms with van der Waals surface area (Å²) in [6, 6.07) is 0. The van der Waals surface area contributed by atoms with Crippen molar-refractivity contribution in [3.05, 3.63) is 72.9 Å². The van der Waals surface area contributed by atoms with Crippen molar-refractivity contribution in [2.75, 3.05) is 13.2 Å². The van der Waals surface area contributed by atoms with E-state index in [1.807, 2.05) is 0 Å². The van der Waals surface area contributed by atoms with Gasteiger partial charge < -0.3 is 14.2 Å². The monoisotopic (exact) mass is 1050 g/mol. The van der Waals surface area contributed by atoms with E-state index in [0.29, 0.717) is 19.3 Å². The van der Waals surface area contributed by atoms with Crippen molar-refractivity contribution in [2.45, 2.75) is 335 Å². The van der Waals surface area contributed by atoms with Crippen LogP contribution in [0.2, 0.25) is 0 Å². The Morgan fingerprint density at radius 2 is 0.520 bits per heavy atom. The average Bonchev–Trinajstić information content (AvgIpc) is 3.41. The molecule has 0 amide bonds. The van der Waals surface area contributed by atoms with Crippen molar-refractivity contribution in [1.82, 2.24) is 0 Å². The number of esters is 3. The molecule has 0 rings (SSSR count). The summed E-state index contributed by atoms with van der Waals surface area (Å²) in [6.07, 6.45) is 81.9. The minimum Gasteiger partial charge on any atom is -0.462 e. The Hall–Kier alpha value is -3.15. The fraction of sp³-hybridized carbons (Fsp3) is 0.783. The summed E-state index contributed by atoms with van der Waals surface area (Å²) < 4.78 is 16.9. The van der Waals surface area contributed by atoms with E-state index in [0.717, 1.165) is 96.3 Å². The Kier molecular flexibility index (Phi) is 60.7. The Bertz CT molecular complexity index is 1390. The van der Waals surface area contributed by atoms with Gasteiger partial charge in [-0.1, -0.05) is 293 Å². The highest BCUT2D eigenvalue weighted by Crippen LogP contribution is 2.17. The van der Waals surface area contributed by atoms with E-state index >= 15 is 0 Å². The van der Waals surface area contributed by atoms with Gasteiger partial charge in [0.05, 0.1) is 0 Å². The Balaban J connectivity index is 4.37. The van der Waals surface area contributed by atoms with Crippen LogP contribution in [0.4, 0.5) is 0 Å². The lowest BCUT2D eigenvalue weighted by molar-refractivity contribution is -0.167. The van der Waals surface area contributed by atoms with Gasteiger partial charge >= 0.3 is 17.9 Å². The van der Waals surface area contributed by atoms with Crippen LogP contribution in [0.3, 0.4) is 0 Å². The summed E-state index contributed by atoms with van der Waals surface area (Å²) in [5, 5.41) is 0. The summed E-state index contributed by atoms with van der Waals surface area (Å²) in [5.74, 6) is -0.902. The molecule has 0 aliphatic rings. The molecule has 0 spiro atoms.